The molecule has 152 valence electrons. The van der Waals surface area contributed by atoms with Crippen LogP contribution >= 0.6 is 0 Å². The number of aryl methyl sites for hydroxylation is 1. The second kappa shape index (κ2) is 7.74. The molecule has 2 amide bonds. The highest BCUT2D eigenvalue weighted by Gasteiger charge is 2.59. The lowest BCUT2D eigenvalue weighted by atomic mass is 10.0. The van der Waals surface area contributed by atoms with Crippen molar-refractivity contribution in [1.82, 2.24) is 14.7 Å². The Hall–Kier alpha value is -2.08. The maximum absolute atomic E-state index is 13.2. The van der Waals surface area contributed by atoms with Gasteiger partial charge in [-0.2, -0.15) is 0 Å². The van der Waals surface area contributed by atoms with Crippen LogP contribution in [0.3, 0.4) is 0 Å². The third-order valence-corrected chi connectivity index (χ3v) is 6.61. The van der Waals surface area contributed by atoms with E-state index in [1.54, 1.807) is 0 Å². The molecule has 1 aromatic rings. The molecule has 3 aliphatic rings. The molecule has 28 heavy (non-hydrogen) atoms. The minimum Gasteiger partial charge on any atom is -0.368 e. The Morgan fingerprint density at radius 2 is 1.46 bits per heavy atom. The van der Waals surface area contributed by atoms with Crippen LogP contribution in [0.1, 0.15) is 25.3 Å². The van der Waals surface area contributed by atoms with E-state index in [0.717, 1.165) is 58.7 Å². The molecule has 0 atom stereocenters. The van der Waals surface area contributed by atoms with E-state index in [4.69, 9.17) is 0 Å². The van der Waals surface area contributed by atoms with Crippen molar-refractivity contribution >= 4 is 17.5 Å². The standard InChI is InChI=1S/C22H32N4O2/c1-3-23-9-11-25(12-10-23)20(27)22(7-8-22)21(28)26-15-13-24(14-16-26)19-6-4-5-18(2)17-19/h4-6,17H,3,7-16H2,1-2H3. The number of amides is 2. The highest BCUT2D eigenvalue weighted by atomic mass is 16.2. The predicted octanol–water partition coefficient (Wildman–Crippen LogP) is 1.59. The molecule has 6 nitrogen and oxygen atoms in total. The van der Waals surface area contributed by atoms with Gasteiger partial charge in [-0.1, -0.05) is 19.1 Å². The van der Waals surface area contributed by atoms with Crippen LogP contribution in [-0.4, -0.2) is 85.4 Å². The summed E-state index contributed by atoms with van der Waals surface area (Å²) in [4.78, 5) is 34.9. The second-order valence-corrected chi connectivity index (χ2v) is 8.43. The van der Waals surface area contributed by atoms with Crippen molar-refractivity contribution in [2.45, 2.75) is 26.7 Å². The van der Waals surface area contributed by atoms with Gasteiger partial charge in [0.1, 0.15) is 5.41 Å². The number of piperazine rings is 2. The minimum atomic E-state index is -0.750. The van der Waals surface area contributed by atoms with Gasteiger partial charge in [0.25, 0.3) is 0 Å². The second-order valence-electron chi connectivity index (χ2n) is 8.43. The average Bonchev–Trinajstić information content (AvgIpc) is 3.55. The smallest absolute Gasteiger partial charge is 0.238 e. The number of hydrogen-bond donors (Lipinski definition) is 0. The summed E-state index contributed by atoms with van der Waals surface area (Å²) in [6, 6.07) is 8.51. The summed E-state index contributed by atoms with van der Waals surface area (Å²) in [5.74, 6) is 0.147. The fourth-order valence-electron chi connectivity index (χ4n) is 4.51. The van der Waals surface area contributed by atoms with Crippen LogP contribution in [-0.2, 0) is 9.59 Å². The van der Waals surface area contributed by atoms with E-state index in [9.17, 15) is 9.59 Å². The average molecular weight is 385 g/mol. The molecule has 6 heteroatoms. The first-order valence-electron chi connectivity index (χ1n) is 10.7. The van der Waals surface area contributed by atoms with Crippen molar-refractivity contribution in [1.29, 1.82) is 0 Å². The zero-order chi connectivity index (χ0) is 19.7. The van der Waals surface area contributed by atoms with E-state index >= 15 is 0 Å². The Morgan fingerprint density at radius 1 is 0.893 bits per heavy atom. The Balaban J connectivity index is 1.35. The first-order chi connectivity index (χ1) is 13.5. The molecule has 0 spiro atoms. The molecule has 2 saturated heterocycles. The maximum atomic E-state index is 13.2. The molecule has 1 saturated carbocycles. The van der Waals surface area contributed by atoms with Crippen molar-refractivity contribution in [2.24, 2.45) is 5.41 Å². The summed E-state index contributed by atoms with van der Waals surface area (Å²) in [5.41, 5.74) is 1.72. The predicted molar refractivity (Wildman–Crippen MR) is 110 cm³/mol. The van der Waals surface area contributed by atoms with Gasteiger partial charge in [-0.25, -0.2) is 0 Å². The Kier molecular flexibility index (Phi) is 5.32. The van der Waals surface area contributed by atoms with E-state index in [2.05, 4.69) is 47.9 Å². The quantitative estimate of drug-likeness (QED) is 0.740. The third-order valence-electron chi connectivity index (χ3n) is 6.61. The summed E-state index contributed by atoms with van der Waals surface area (Å²) in [6.07, 6.45) is 1.44. The van der Waals surface area contributed by atoms with Gasteiger partial charge in [0, 0.05) is 58.0 Å². The van der Waals surface area contributed by atoms with Gasteiger partial charge in [0.15, 0.2) is 0 Å². The van der Waals surface area contributed by atoms with E-state index in [-0.39, 0.29) is 11.8 Å². The van der Waals surface area contributed by atoms with Crippen LogP contribution < -0.4 is 4.90 Å². The maximum Gasteiger partial charge on any atom is 0.238 e. The number of benzene rings is 1. The van der Waals surface area contributed by atoms with Gasteiger partial charge in [-0.15, -0.1) is 0 Å². The van der Waals surface area contributed by atoms with Crippen molar-refractivity contribution in [2.75, 3.05) is 63.8 Å². The molecule has 0 unspecified atom stereocenters. The number of hydrogen-bond acceptors (Lipinski definition) is 4. The lowest BCUT2D eigenvalue weighted by Crippen LogP contribution is -2.56. The summed E-state index contributed by atoms with van der Waals surface area (Å²) in [6.45, 7) is 11.7. The van der Waals surface area contributed by atoms with Gasteiger partial charge >= 0.3 is 0 Å². The number of carbonyl (C=O) groups excluding carboxylic acids is 2. The summed E-state index contributed by atoms with van der Waals surface area (Å²) >= 11 is 0. The molecule has 0 N–H and O–H groups in total. The molecule has 0 radical (unpaired) electrons. The summed E-state index contributed by atoms with van der Waals surface area (Å²) < 4.78 is 0. The molecule has 0 bridgehead atoms. The van der Waals surface area contributed by atoms with E-state index in [0.29, 0.717) is 13.1 Å². The van der Waals surface area contributed by atoms with Gasteiger partial charge in [-0.3, -0.25) is 9.59 Å². The van der Waals surface area contributed by atoms with E-state index < -0.39 is 5.41 Å². The van der Waals surface area contributed by atoms with Crippen LogP contribution in [0.4, 0.5) is 5.69 Å². The molecule has 1 aliphatic carbocycles. The van der Waals surface area contributed by atoms with Crippen LogP contribution in [0, 0.1) is 12.3 Å². The molecular weight excluding hydrogens is 352 g/mol. The first-order valence-corrected chi connectivity index (χ1v) is 10.7. The first kappa shape index (κ1) is 19.2. The Bertz CT molecular complexity index is 730. The minimum absolute atomic E-state index is 0.0688. The molecule has 4 rings (SSSR count). The SMILES string of the molecule is CCN1CCN(C(=O)C2(C(=O)N3CCN(c4cccc(C)c4)CC3)CC2)CC1. The fourth-order valence-corrected chi connectivity index (χ4v) is 4.51. The van der Waals surface area contributed by atoms with Crippen LogP contribution in [0.15, 0.2) is 24.3 Å². The molecular formula is C22H32N4O2. The Labute approximate surface area is 168 Å². The van der Waals surface area contributed by atoms with Crippen LogP contribution in [0.2, 0.25) is 0 Å². The highest BCUT2D eigenvalue weighted by Crippen LogP contribution is 2.49. The number of likely N-dealkylation sites (N-methyl/N-ethyl adjacent to an activating group) is 1. The third kappa shape index (κ3) is 3.62. The largest absolute Gasteiger partial charge is 0.368 e. The zero-order valence-electron chi connectivity index (χ0n) is 17.2. The number of carbonyl (C=O) groups is 2. The summed E-state index contributed by atoms with van der Waals surface area (Å²) in [5, 5.41) is 0. The van der Waals surface area contributed by atoms with Gasteiger partial charge in [0.2, 0.25) is 11.8 Å². The van der Waals surface area contributed by atoms with Crippen molar-refractivity contribution in [3.05, 3.63) is 29.8 Å². The van der Waals surface area contributed by atoms with Gasteiger partial charge in [0.05, 0.1) is 0 Å². The monoisotopic (exact) mass is 384 g/mol. The van der Waals surface area contributed by atoms with Crippen molar-refractivity contribution in [3.8, 4) is 0 Å². The van der Waals surface area contributed by atoms with Crippen LogP contribution in [0.25, 0.3) is 0 Å². The number of rotatable bonds is 4. The van der Waals surface area contributed by atoms with Crippen LogP contribution in [0.5, 0.6) is 0 Å². The summed E-state index contributed by atoms with van der Waals surface area (Å²) in [7, 11) is 0. The molecule has 2 aliphatic heterocycles. The van der Waals surface area contributed by atoms with Gasteiger partial charge in [-0.05, 0) is 44.0 Å². The lowest BCUT2D eigenvalue weighted by Gasteiger charge is -2.39. The van der Waals surface area contributed by atoms with E-state index in [1.807, 2.05) is 9.80 Å². The topological polar surface area (TPSA) is 47.1 Å². The lowest BCUT2D eigenvalue weighted by molar-refractivity contribution is -0.150. The highest BCUT2D eigenvalue weighted by molar-refractivity contribution is 6.08. The molecule has 1 aromatic carbocycles. The Morgan fingerprint density at radius 3 is 1.96 bits per heavy atom. The van der Waals surface area contributed by atoms with Gasteiger partial charge < -0.3 is 19.6 Å². The van der Waals surface area contributed by atoms with Crippen molar-refractivity contribution in [3.63, 3.8) is 0 Å². The normalized spacial score (nSPS) is 22.3. The zero-order valence-corrected chi connectivity index (χ0v) is 17.2. The number of anilines is 1. The molecule has 0 aromatic heterocycles. The fraction of sp³-hybridized carbons (Fsp3) is 0.636. The molecule has 2 heterocycles. The molecule has 3 fully saturated rings. The van der Waals surface area contributed by atoms with Crippen molar-refractivity contribution < 1.29 is 9.59 Å². The number of nitrogens with zero attached hydrogens (tertiary/aromatic N) is 4. The van der Waals surface area contributed by atoms with E-state index in [1.165, 1.54) is 11.3 Å².